The second-order valence-corrected chi connectivity index (χ2v) is 4.67. The number of para-hydroxylation sites is 1. The van der Waals surface area contributed by atoms with Crippen LogP contribution in [0.4, 0.5) is 17.1 Å². The number of rotatable bonds is 4. The van der Waals surface area contributed by atoms with Crippen molar-refractivity contribution in [2.75, 3.05) is 17.2 Å². The van der Waals surface area contributed by atoms with E-state index in [1.54, 1.807) is 18.2 Å². The highest BCUT2D eigenvalue weighted by atomic mass is 16.1. The summed E-state index contributed by atoms with van der Waals surface area (Å²) < 4.78 is 0. The largest absolute Gasteiger partial charge is 0.397 e. The van der Waals surface area contributed by atoms with Crippen molar-refractivity contribution in [1.29, 1.82) is 0 Å². The molecule has 0 aliphatic carbocycles. The molecule has 0 spiro atoms. The van der Waals surface area contributed by atoms with Crippen molar-refractivity contribution < 1.29 is 4.79 Å². The van der Waals surface area contributed by atoms with E-state index in [-0.39, 0.29) is 0 Å². The highest BCUT2D eigenvalue weighted by Crippen LogP contribution is 2.32. The maximum Gasteiger partial charge on any atom is 0.248 e. The highest BCUT2D eigenvalue weighted by molar-refractivity contribution is 5.95. The fourth-order valence-electron chi connectivity index (χ4n) is 2.27. The summed E-state index contributed by atoms with van der Waals surface area (Å²) in [5, 5.41) is 0. The summed E-state index contributed by atoms with van der Waals surface area (Å²) in [4.78, 5) is 13.4. The van der Waals surface area contributed by atoms with Gasteiger partial charge < -0.3 is 16.4 Å². The third-order valence-electron chi connectivity index (χ3n) is 3.33. The summed E-state index contributed by atoms with van der Waals surface area (Å²) in [5.74, 6) is -0.452. The topological polar surface area (TPSA) is 72.3 Å². The molecule has 0 atom stereocenters. The van der Waals surface area contributed by atoms with Gasteiger partial charge in [-0.1, -0.05) is 18.2 Å². The molecule has 0 aromatic heterocycles. The van der Waals surface area contributed by atoms with E-state index in [4.69, 9.17) is 11.5 Å². The number of hydrogen-bond donors (Lipinski definition) is 2. The quantitative estimate of drug-likeness (QED) is 0.838. The zero-order chi connectivity index (χ0) is 14.7. The van der Waals surface area contributed by atoms with Crippen LogP contribution in [0.1, 0.15) is 22.8 Å². The van der Waals surface area contributed by atoms with E-state index in [1.807, 2.05) is 38.1 Å². The van der Waals surface area contributed by atoms with Crippen LogP contribution in [0.2, 0.25) is 0 Å². The van der Waals surface area contributed by atoms with Gasteiger partial charge in [0.2, 0.25) is 5.91 Å². The summed E-state index contributed by atoms with van der Waals surface area (Å²) in [7, 11) is 0. The molecule has 104 valence electrons. The molecule has 0 fully saturated rings. The molecule has 0 radical (unpaired) electrons. The number of nitrogens with zero attached hydrogens (tertiary/aromatic N) is 1. The molecule has 4 heteroatoms. The first kappa shape index (κ1) is 13.9. The van der Waals surface area contributed by atoms with Gasteiger partial charge in [0.05, 0.1) is 11.4 Å². The third-order valence-corrected chi connectivity index (χ3v) is 3.33. The number of anilines is 3. The second kappa shape index (κ2) is 5.65. The van der Waals surface area contributed by atoms with Crippen LogP contribution in [0.25, 0.3) is 0 Å². The minimum Gasteiger partial charge on any atom is -0.397 e. The predicted molar refractivity (Wildman–Crippen MR) is 83.2 cm³/mol. The lowest BCUT2D eigenvalue weighted by Crippen LogP contribution is -2.20. The Kier molecular flexibility index (Phi) is 3.94. The molecule has 2 aromatic rings. The lowest BCUT2D eigenvalue weighted by molar-refractivity contribution is 0.100. The summed E-state index contributed by atoms with van der Waals surface area (Å²) in [5.41, 5.74) is 15.5. The van der Waals surface area contributed by atoms with E-state index in [2.05, 4.69) is 4.90 Å². The Morgan fingerprint density at radius 1 is 1.15 bits per heavy atom. The molecule has 4 N–H and O–H groups in total. The van der Waals surface area contributed by atoms with E-state index in [0.717, 1.165) is 23.5 Å². The van der Waals surface area contributed by atoms with Gasteiger partial charge in [-0.15, -0.1) is 0 Å². The van der Waals surface area contributed by atoms with Crippen LogP contribution >= 0.6 is 0 Å². The highest BCUT2D eigenvalue weighted by Gasteiger charge is 2.14. The van der Waals surface area contributed by atoms with Gasteiger partial charge in [-0.2, -0.15) is 0 Å². The number of amides is 1. The summed E-state index contributed by atoms with van der Waals surface area (Å²) in [6.45, 7) is 4.84. The average Bonchev–Trinajstić information content (AvgIpc) is 2.43. The second-order valence-electron chi connectivity index (χ2n) is 4.67. The molecule has 20 heavy (non-hydrogen) atoms. The number of carbonyl (C=O) groups excluding carboxylic acids is 1. The Morgan fingerprint density at radius 3 is 2.45 bits per heavy atom. The Balaban J connectivity index is 2.55. The van der Waals surface area contributed by atoms with E-state index in [0.29, 0.717) is 11.3 Å². The van der Waals surface area contributed by atoms with Crippen LogP contribution in [0.5, 0.6) is 0 Å². The fourth-order valence-corrected chi connectivity index (χ4v) is 2.27. The van der Waals surface area contributed by atoms with E-state index < -0.39 is 5.91 Å². The SMILES string of the molecule is CCN(c1ccccc1C)c1cc(C(N)=O)ccc1N. The molecule has 0 saturated carbocycles. The molecular weight excluding hydrogens is 250 g/mol. The van der Waals surface area contributed by atoms with Crippen LogP contribution in [-0.2, 0) is 0 Å². The van der Waals surface area contributed by atoms with Crippen molar-refractivity contribution in [2.45, 2.75) is 13.8 Å². The summed E-state index contributed by atoms with van der Waals surface area (Å²) in [6.07, 6.45) is 0. The van der Waals surface area contributed by atoms with Crippen LogP contribution in [0.15, 0.2) is 42.5 Å². The van der Waals surface area contributed by atoms with Gasteiger partial charge in [-0.05, 0) is 43.7 Å². The first-order valence-electron chi connectivity index (χ1n) is 6.57. The van der Waals surface area contributed by atoms with E-state index in [1.165, 1.54) is 0 Å². The lowest BCUT2D eigenvalue weighted by Gasteiger charge is -2.26. The van der Waals surface area contributed by atoms with Crippen LogP contribution < -0.4 is 16.4 Å². The summed E-state index contributed by atoms with van der Waals surface area (Å²) in [6, 6.07) is 13.2. The van der Waals surface area contributed by atoms with Gasteiger partial charge in [-0.3, -0.25) is 4.79 Å². The van der Waals surface area contributed by atoms with Crippen LogP contribution in [0.3, 0.4) is 0 Å². The number of benzene rings is 2. The van der Waals surface area contributed by atoms with Crippen molar-refractivity contribution in [3.8, 4) is 0 Å². The van der Waals surface area contributed by atoms with Gasteiger partial charge in [0.15, 0.2) is 0 Å². The molecule has 0 saturated heterocycles. The molecule has 0 heterocycles. The molecule has 2 aromatic carbocycles. The van der Waals surface area contributed by atoms with Crippen LogP contribution in [-0.4, -0.2) is 12.5 Å². The number of nitrogens with two attached hydrogens (primary N) is 2. The number of hydrogen-bond acceptors (Lipinski definition) is 3. The normalized spacial score (nSPS) is 10.3. The Bertz CT molecular complexity index is 637. The third kappa shape index (κ3) is 2.59. The molecule has 0 unspecified atom stereocenters. The van der Waals surface area contributed by atoms with Crippen LogP contribution in [0, 0.1) is 6.92 Å². The maximum atomic E-state index is 11.3. The van der Waals surface area contributed by atoms with Crippen molar-refractivity contribution in [2.24, 2.45) is 5.73 Å². The van der Waals surface area contributed by atoms with Gasteiger partial charge >= 0.3 is 0 Å². The van der Waals surface area contributed by atoms with Gasteiger partial charge in [0.1, 0.15) is 0 Å². The zero-order valence-corrected chi connectivity index (χ0v) is 11.8. The van der Waals surface area contributed by atoms with Gasteiger partial charge in [0, 0.05) is 17.8 Å². The van der Waals surface area contributed by atoms with Crippen molar-refractivity contribution in [3.63, 3.8) is 0 Å². The van der Waals surface area contributed by atoms with E-state index in [9.17, 15) is 4.79 Å². The minimum absolute atomic E-state index is 0.452. The maximum absolute atomic E-state index is 11.3. The zero-order valence-electron chi connectivity index (χ0n) is 11.8. The lowest BCUT2D eigenvalue weighted by atomic mass is 10.1. The molecule has 0 aliphatic heterocycles. The molecule has 2 rings (SSSR count). The molecule has 0 bridgehead atoms. The Labute approximate surface area is 119 Å². The standard InChI is InChI=1S/C16H19N3O/c1-3-19(14-7-5-4-6-11(14)2)15-10-12(16(18)20)8-9-13(15)17/h4-10H,3,17H2,1-2H3,(H2,18,20). The smallest absolute Gasteiger partial charge is 0.248 e. The van der Waals surface area contributed by atoms with Crippen molar-refractivity contribution in [3.05, 3.63) is 53.6 Å². The molecule has 1 amide bonds. The van der Waals surface area contributed by atoms with Gasteiger partial charge in [0.25, 0.3) is 0 Å². The number of nitrogen functional groups attached to an aromatic ring is 1. The Morgan fingerprint density at radius 2 is 1.85 bits per heavy atom. The number of carbonyl (C=O) groups is 1. The predicted octanol–water partition coefficient (Wildman–Crippen LogP) is 2.83. The minimum atomic E-state index is -0.452. The first-order valence-corrected chi connectivity index (χ1v) is 6.57. The summed E-state index contributed by atoms with van der Waals surface area (Å²) >= 11 is 0. The van der Waals surface area contributed by atoms with E-state index >= 15 is 0 Å². The number of aryl methyl sites for hydroxylation is 1. The van der Waals surface area contributed by atoms with Crippen molar-refractivity contribution >= 4 is 23.0 Å². The first-order chi connectivity index (χ1) is 9.54. The van der Waals surface area contributed by atoms with Crippen molar-refractivity contribution in [1.82, 2.24) is 0 Å². The van der Waals surface area contributed by atoms with Gasteiger partial charge in [-0.25, -0.2) is 0 Å². The molecular formula is C16H19N3O. The average molecular weight is 269 g/mol. The molecule has 4 nitrogen and oxygen atoms in total. The number of primary amides is 1. The fraction of sp³-hybridized carbons (Fsp3) is 0.188. The molecule has 0 aliphatic rings. The Hall–Kier alpha value is -2.49. The monoisotopic (exact) mass is 269 g/mol.